The molecule has 1 fully saturated rings. The van der Waals surface area contributed by atoms with E-state index in [-0.39, 0.29) is 11.5 Å². The molecular formula is C20H32O. The van der Waals surface area contributed by atoms with Gasteiger partial charge in [0, 0.05) is 0 Å². The van der Waals surface area contributed by atoms with Crippen LogP contribution in [0.25, 0.3) is 0 Å². The van der Waals surface area contributed by atoms with E-state index in [4.69, 9.17) is 0 Å². The smallest absolute Gasteiger partial charge is 0.0752 e. The molecule has 2 rings (SSSR count). The fraction of sp³-hybridized carbons (Fsp3) is 0.700. The Labute approximate surface area is 130 Å². The Morgan fingerprint density at radius 1 is 1.33 bits per heavy atom. The van der Waals surface area contributed by atoms with Crippen molar-refractivity contribution in [1.82, 2.24) is 0 Å². The maximum atomic E-state index is 10.6. The van der Waals surface area contributed by atoms with E-state index in [2.05, 4.69) is 40.0 Å². The average Bonchev–Trinajstić information content (AvgIpc) is 2.71. The zero-order chi connectivity index (χ0) is 15.6. The van der Waals surface area contributed by atoms with Gasteiger partial charge in [0.05, 0.1) is 6.10 Å². The highest BCUT2D eigenvalue weighted by atomic mass is 16.3. The molecule has 2 aliphatic carbocycles. The molecule has 1 nitrogen and oxygen atoms in total. The third-order valence-corrected chi connectivity index (χ3v) is 5.98. The Bertz CT molecular complexity index is 445. The number of fused-ring (bicyclic) bond motifs is 1. The molecule has 21 heavy (non-hydrogen) atoms. The molecule has 1 saturated carbocycles. The van der Waals surface area contributed by atoms with Crippen LogP contribution in [0.4, 0.5) is 0 Å². The Morgan fingerprint density at radius 2 is 2.05 bits per heavy atom. The Morgan fingerprint density at radius 3 is 2.71 bits per heavy atom. The fourth-order valence-electron chi connectivity index (χ4n) is 4.49. The lowest BCUT2D eigenvalue weighted by Gasteiger charge is -2.36. The lowest BCUT2D eigenvalue weighted by Crippen LogP contribution is -2.31. The van der Waals surface area contributed by atoms with Crippen molar-refractivity contribution in [2.75, 3.05) is 0 Å². The lowest BCUT2D eigenvalue weighted by atomic mass is 9.69. The molecular weight excluding hydrogens is 256 g/mol. The third-order valence-electron chi connectivity index (χ3n) is 5.98. The van der Waals surface area contributed by atoms with Gasteiger partial charge in [-0.25, -0.2) is 0 Å². The summed E-state index contributed by atoms with van der Waals surface area (Å²) >= 11 is 0. The first-order chi connectivity index (χ1) is 9.83. The van der Waals surface area contributed by atoms with Crippen LogP contribution in [0.2, 0.25) is 0 Å². The van der Waals surface area contributed by atoms with Crippen LogP contribution < -0.4 is 0 Å². The highest BCUT2D eigenvalue weighted by Crippen LogP contribution is 2.54. The standard InChI is InChI=1S/C20H32O/c1-14(2)17-11-12-20(5)13-19(21)16(4)8-6-7-15(3)9-10-18(17)20/h7,17-19,21H,1,4,6,8-13H2,2-3,5H3/b15-7+/t17-,18-,19+,20+/m0/s1. The second-order valence-corrected chi connectivity index (χ2v) is 7.76. The summed E-state index contributed by atoms with van der Waals surface area (Å²) in [4.78, 5) is 0. The van der Waals surface area contributed by atoms with Crippen molar-refractivity contribution in [3.63, 3.8) is 0 Å². The maximum Gasteiger partial charge on any atom is 0.0752 e. The van der Waals surface area contributed by atoms with Crippen molar-refractivity contribution in [1.29, 1.82) is 0 Å². The molecule has 2 aliphatic rings. The highest BCUT2D eigenvalue weighted by molar-refractivity contribution is 5.13. The van der Waals surface area contributed by atoms with Gasteiger partial charge in [-0.1, -0.05) is 37.3 Å². The predicted molar refractivity (Wildman–Crippen MR) is 91.1 cm³/mol. The maximum absolute atomic E-state index is 10.6. The van der Waals surface area contributed by atoms with Crippen LogP contribution in [0.15, 0.2) is 36.0 Å². The van der Waals surface area contributed by atoms with Gasteiger partial charge >= 0.3 is 0 Å². The molecule has 1 heteroatoms. The van der Waals surface area contributed by atoms with Crippen LogP contribution in [-0.4, -0.2) is 11.2 Å². The van der Waals surface area contributed by atoms with Crippen LogP contribution in [0.1, 0.15) is 65.7 Å². The topological polar surface area (TPSA) is 20.2 Å². The fourth-order valence-corrected chi connectivity index (χ4v) is 4.49. The van der Waals surface area contributed by atoms with Crippen molar-refractivity contribution in [3.05, 3.63) is 36.0 Å². The van der Waals surface area contributed by atoms with E-state index in [1.54, 1.807) is 0 Å². The van der Waals surface area contributed by atoms with Crippen LogP contribution in [0.3, 0.4) is 0 Å². The first-order valence-corrected chi connectivity index (χ1v) is 8.50. The molecule has 0 bridgehead atoms. The van der Waals surface area contributed by atoms with Crippen molar-refractivity contribution in [2.45, 2.75) is 71.8 Å². The quantitative estimate of drug-likeness (QED) is 0.638. The highest BCUT2D eigenvalue weighted by Gasteiger charge is 2.45. The summed E-state index contributed by atoms with van der Waals surface area (Å²) in [6.07, 6.45) is 9.68. The van der Waals surface area contributed by atoms with Crippen LogP contribution in [-0.2, 0) is 0 Å². The van der Waals surface area contributed by atoms with E-state index < -0.39 is 0 Å². The largest absolute Gasteiger partial charge is 0.389 e. The summed E-state index contributed by atoms with van der Waals surface area (Å²) < 4.78 is 0. The molecule has 0 radical (unpaired) electrons. The van der Waals surface area contributed by atoms with Crippen molar-refractivity contribution in [3.8, 4) is 0 Å². The normalized spacial score (nSPS) is 40.9. The van der Waals surface area contributed by atoms with Crippen molar-refractivity contribution < 1.29 is 5.11 Å². The van der Waals surface area contributed by atoms with Gasteiger partial charge in [-0.3, -0.25) is 0 Å². The molecule has 1 N–H and O–H groups in total. The van der Waals surface area contributed by atoms with Gasteiger partial charge in [-0.2, -0.15) is 0 Å². The average molecular weight is 288 g/mol. The van der Waals surface area contributed by atoms with Crippen molar-refractivity contribution in [2.24, 2.45) is 17.3 Å². The zero-order valence-electron chi connectivity index (χ0n) is 14.1. The van der Waals surface area contributed by atoms with Crippen molar-refractivity contribution >= 4 is 0 Å². The Hall–Kier alpha value is -0.820. The minimum atomic E-state index is -0.340. The van der Waals surface area contributed by atoms with Gasteiger partial charge in [0.25, 0.3) is 0 Å². The predicted octanol–water partition coefficient (Wildman–Crippen LogP) is 5.42. The molecule has 0 aromatic carbocycles. The summed E-state index contributed by atoms with van der Waals surface area (Å²) in [5.74, 6) is 1.28. The molecule has 0 aliphatic heterocycles. The van der Waals surface area contributed by atoms with Gasteiger partial charge < -0.3 is 5.11 Å². The molecule has 0 unspecified atom stereocenters. The second-order valence-electron chi connectivity index (χ2n) is 7.76. The Balaban J connectivity index is 2.27. The second kappa shape index (κ2) is 6.52. The van der Waals surface area contributed by atoms with Gasteiger partial charge in [0.1, 0.15) is 0 Å². The Kier molecular flexibility index (Phi) is 5.14. The van der Waals surface area contributed by atoms with Crippen LogP contribution in [0, 0.1) is 17.3 Å². The van der Waals surface area contributed by atoms with E-state index in [1.165, 1.54) is 36.8 Å². The molecule has 0 aromatic heterocycles. The molecule has 4 atom stereocenters. The molecule has 0 saturated heterocycles. The number of aliphatic hydroxyl groups excluding tert-OH is 1. The van der Waals surface area contributed by atoms with Gasteiger partial charge in [0.15, 0.2) is 0 Å². The minimum Gasteiger partial charge on any atom is -0.389 e. The van der Waals surface area contributed by atoms with E-state index in [0.29, 0.717) is 11.8 Å². The SMILES string of the molecule is C=C1CC/C=C(\C)CC[C@H]2[C@H](C(=C)C)CC[C@]2(C)C[C@H]1O. The number of hydrogen-bond donors (Lipinski definition) is 1. The minimum absolute atomic E-state index is 0.233. The number of aliphatic hydroxyl groups is 1. The summed E-state index contributed by atoms with van der Waals surface area (Å²) in [6, 6.07) is 0. The molecule has 0 aromatic rings. The van der Waals surface area contributed by atoms with Crippen LogP contribution >= 0.6 is 0 Å². The third kappa shape index (κ3) is 3.69. The molecule has 0 heterocycles. The van der Waals surface area contributed by atoms with Gasteiger partial charge in [0.2, 0.25) is 0 Å². The summed E-state index contributed by atoms with van der Waals surface area (Å²) in [5.41, 5.74) is 4.07. The number of hydrogen-bond acceptors (Lipinski definition) is 1. The van der Waals surface area contributed by atoms with Gasteiger partial charge in [-0.05, 0) is 81.6 Å². The van der Waals surface area contributed by atoms with E-state index >= 15 is 0 Å². The summed E-state index contributed by atoms with van der Waals surface area (Å²) in [6.45, 7) is 15.2. The van der Waals surface area contributed by atoms with Gasteiger partial charge in [-0.15, -0.1) is 0 Å². The van der Waals surface area contributed by atoms with E-state index in [1.807, 2.05) is 0 Å². The first-order valence-electron chi connectivity index (χ1n) is 8.50. The zero-order valence-corrected chi connectivity index (χ0v) is 14.1. The number of rotatable bonds is 1. The van der Waals surface area contributed by atoms with Crippen LogP contribution in [0.5, 0.6) is 0 Å². The summed E-state index contributed by atoms with van der Waals surface area (Å²) in [7, 11) is 0. The lowest BCUT2D eigenvalue weighted by molar-refractivity contribution is 0.0918. The first kappa shape index (κ1) is 16.5. The molecule has 118 valence electrons. The van der Waals surface area contributed by atoms with E-state index in [0.717, 1.165) is 24.8 Å². The molecule has 0 amide bonds. The monoisotopic (exact) mass is 288 g/mol. The van der Waals surface area contributed by atoms with E-state index in [9.17, 15) is 5.11 Å². The molecule has 0 spiro atoms. The number of allylic oxidation sites excluding steroid dienone is 3. The summed E-state index contributed by atoms with van der Waals surface area (Å²) in [5, 5.41) is 10.6.